The first-order valence-corrected chi connectivity index (χ1v) is 6.71. The summed E-state index contributed by atoms with van der Waals surface area (Å²) in [5.41, 5.74) is 2.84. The van der Waals surface area contributed by atoms with Gasteiger partial charge in [-0.15, -0.1) is 0 Å². The van der Waals surface area contributed by atoms with E-state index in [1.165, 1.54) is 0 Å². The molecule has 2 rings (SSSR count). The molecule has 2 aromatic rings. The fraction of sp³-hybridized carbons (Fsp3) is 0.167. The standard InChI is InChI=1S/C18H18O2/c1-3-20-17-11-6-15(7-12-17)8-13-18(19)16-9-4-14(2)5-10-16/h4-13H,3H2,1-2H3/b13-8+. The van der Waals surface area contributed by atoms with Crippen LogP contribution >= 0.6 is 0 Å². The summed E-state index contributed by atoms with van der Waals surface area (Å²) in [5.74, 6) is 0.855. The zero-order chi connectivity index (χ0) is 14.4. The monoisotopic (exact) mass is 266 g/mol. The van der Waals surface area contributed by atoms with Crippen LogP contribution < -0.4 is 4.74 Å². The minimum Gasteiger partial charge on any atom is -0.494 e. The third kappa shape index (κ3) is 3.82. The van der Waals surface area contributed by atoms with Gasteiger partial charge in [0.05, 0.1) is 6.61 Å². The maximum Gasteiger partial charge on any atom is 0.185 e. The Kier molecular flexibility index (Phi) is 4.72. The van der Waals surface area contributed by atoms with Crippen LogP contribution in [0.3, 0.4) is 0 Å². The molecule has 2 nitrogen and oxygen atoms in total. The van der Waals surface area contributed by atoms with Crippen LogP contribution in [-0.2, 0) is 0 Å². The van der Waals surface area contributed by atoms with Crippen LogP contribution in [0.5, 0.6) is 5.75 Å². The number of allylic oxidation sites excluding steroid dienone is 1. The largest absolute Gasteiger partial charge is 0.494 e. The smallest absolute Gasteiger partial charge is 0.185 e. The van der Waals surface area contributed by atoms with E-state index in [9.17, 15) is 4.79 Å². The number of ketones is 1. The highest BCUT2D eigenvalue weighted by atomic mass is 16.5. The van der Waals surface area contributed by atoms with E-state index in [2.05, 4.69) is 0 Å². The SMILES string of the molecule is CCOc1ccc(/C=C/C(=O)c2ccc(C)cc2)cc1. The Morgan fingerprint density at radius 1 is 1.05 bits per heavy atom. The Bertz CT molecular complexity index is 592. The van der Waals surface area contributed by atoms with Gasteiger partial charge in [0.15, 0.2) is 5.78 Å². The molecule has 20 heavy (non-hydrogen) atoms. The topological polar surface area (TPSA) is 26.3 Å². The average molecular weight is 266 g/mol. The summed E-state index contributed by atoms with van der Waals surface area (Å²) >= 11 is 0. The highest BCUT2D eigenvalue weighted by Crippen LogP contribution is 2.13. The van der Waals surface area contributed by atoms with Crippen LogP contribution in [0.15, 0.2) is 54.6 Å². The molecule has 0 amide bonds. The second kappa shape index (κ2) is 6.71. The van der Waals surface area contributed by atoms with Crippen LogP contribution in [0.4, 0.5) is 0 Å². The summed E-state index contributed by atoms with van der Waals surface area (Å²) in [6.07, 6.45) is 3.41. The molecule has 0 saturated heterocycles. The molecule has 0 N–H and O–H groups in total. The van der Waals surface area contributed by atoms with E-state index >= 15 is 0 Å². The predicted molar refractivity (Wildman–Crippen MR) is 82.2 cm³/mol. The number of benzene rings is 2. The molecule has 102 valence electrons. The van der Waals surface area contributed by atoms with Crippen molar-refractivity contribution in [3.63, 3.8) is 0 Å². The van der Waals surface area contributed by atoms with Crippen molar-refractivity contribution < 1.29 is 9.53 Å². The zero-order valence-electron chi connectivity index (χ0n) is 11.8. The Balaban J connectivity index is 2.04. The summed E-state index contributed by atoms with van der Waals surface area (Å²) < 4.78 is 5.38. The molecule has 0 radical (unpaired) electrons. The molecule has 0 bridgehead atoms. The molecule has 0 saturated carbocycles. The zero-order valence-corrected chi connectivity index (χ0v) is 11.8. The van der Waals surface area contributed by atoms with E-state index in [0.717, 1.165) is 16.9 Å². The van der Waals surface area contributed by atoms with Crippen LogP contribution in [0.2, 0.25) is 0 Å². The number of ether oxygens (including phenoxy) is 1. The van der Waals surface area contributed by atoms with Crippen LogP contribution in [-0.4, -0.2) is 12.4 Å². The summed E-state index contributed by atoms with van der Waals surface area (Å²) in [7, 11) is 0. The Morgan fingerprint density at radius 2 is 1.70 bits per heavy atom. The predicted octanol–water partition coefficient (Wildman–Crippen LogP) is 4.29. The van der Waals surface area contributed by atoms with Crippen LogP contribution in [0.25, 0.3) is 6.08 Å². The van der Waals surface area contributed by atoms with Crippen molar-refractivity contribution in [2.75, 3.05) is 6.61 Å². The third-order valence-corrected chi connectivity index (χ3v) is 2.95. The van der Waals surface area contributed by atoms with Crippen molar-refractivity contribution in [3.05, 3.63) is 71.3 Å². The van der Waals surface area contributed by atoms with Crippen LogP contribution in [0, 0.1) is 6.92 Å². The molecular weight excluding hydrogens is 248 g/mol. The molecule has 0 aliphatic heterocycles. The lowest BCUT2D eigenvalue weighted by molar-refractivity contribution is 0.104. The molecule has 2 heteroatoms. The number of aryl methyl sites for hydroxylation is 1. The summed E-state index contributed by atoms with van der Waals surface area (Å²) in [4.78, 5) is 12.0. The van der Waals surface area contributed by atoms with Gasteiger partial charge in [-0.1, -0.05) is 48.0 Å². The van der Waals surface area contributed by atoms with Gasteiger partial charge in [-0.2, -0.15) is 0 Å². The van der Waals surface area contributed by atoms with E-state index in [4.69, 9.17) is 4.74 Å². The van der Waals surface area contributed by atoms with Gasteiger partial charge in [0.25, 0.3) is 0 Å². The first kappa shape index (κ1) is 14.1. The Morgan fingerprint density at radius 3 is 2.30 bits per heavy atom. The Labute approximate surface area is 119 Å². The highest BCUT2D eigenvalue weighted by Gasteiger charge is 2.00. The fourth-order valence-electron chi connectivity index (χ4n) is 1.83. The van der Waals surface area contributed by atoms with Gasteiger partial charge >= 0.3 is 0 Å². The minimum atomic E-state index is 0.0129. The molecule has 0 heterocycles. The summed E-state index contributed by atoms with van der Waals surface area (Å²) in [5, 5.41) is 0. The molecule has 0 aromatic heterocycles. The summed E-state index contributed by atoms with van der Waals surface area (Å²) in [6.45, 7) is 4.61. The Hall–Kier alpha value is -2.35. The van der Waals surface area contributed by atoms with Crippen molar-refractivity contribution in [1.82, 2.24) is 0 Å². The van der Waals surface area contributed by atoms with Crippen molar-refractivity contribution in [1.29, 1.82) is 0 Å². The maximum absolute atomic E-state index is 12.0. The normalized spacial score (nSPS) is 10.7. The van der Waals surface area contributed by atoms with E-state index in [0.29, 0.717) is 12.2 Å². The molecule has 0 unspecified atom stereocenters. The number of rotatable bonds is 5. The van der Waals surface area contributed by atoms with E-state index in [-0.39, 0.29) is 5.78 Å². The summed E-state index contributed by atoms with van der Waals surface area (Å²) in [6, 6.07) is 15.3. The van der Waals surface area contributed by atoms with Gasteiger partial charge in [0.2, 0.25) is 0 Å². The first-order valence-electron chi connectivity index (χ1n) is 6.71. The molecule has 0 aliphatic carbocycles. The van der Waals surface area contributed by atoms with Crippen molar-refractivity contribution >= 4 is 11.9 Å². The first-order chi connectivity index (χ1) is 9.69. The van der Waals surface area contributed by atoms with Gasteiger partial charge in [-0.05, 0) is 37.6 Å². The second-order valence-corrected chi connectivity index (χ2v) is 4.57. The third-order valence-electron chi connectivity index (χ3n) is 2.95. The fourth-order valence-corrected chi connectivity index (χ4v) is 1.83. The second-order valence-electron chi connectivity index (χ2n) is 4.57. The minimum absolute atomic E-state index is 0.0129. The molecule has 0 fully saturated rings. The average Bonchev–Trinajstić information content (AvgIpc) is 2.47. The number of carbonyl (C=O) groups excluding carboxylic acids is 1. The van der Waals surface area contributed by atoms with E-state index in [1.54, 1.807) is 6.08 Å². The van der Waals surface area contributed by atoms with Crippen LogP contribution in [0.1, 0.15) is 28.4 Å². The van der Waals surface area contributed by atoms with Gasteiger partial charge in [0, 0.05) is 5.56 Å². The number of hydrogen-bond donors (Lipinski definition) is 0. The number of carbonyl (C=O) groups is 1. The van der Waals surface area contributed by atoms with E-state index < -0.39 is 0 Å². The van der Waals surface area contributed by atoms with Gasteiger partial charge < -0.3 is 4.74 Å². The molecular formula is C18H18O2. The van der Waals surface area contributed by atoms with Gasteiger partial charge in [-0.25, -0.2) is 0 Å². The van der Waals surface area contributed by atoms with E-state index in [1.807, 2.05) is 68.5 Å². The number of hydrogen-bond acceptors (Lipinski definition) is 2. The maximum atomic E-state index is 12.0. The van der Waals surface area contributed by atoms with Gasteiger partial charge in [0.1, 0.15) is 5.75 Å². The lowest BCUT2D eigenvalue weighted by atomic mass is 10.1. The molecule has 0 spiro atoms. The molecule has 0 aliphatic rings. The van der Waals surface area contributed by atoms with Gasteiger partial charge in [-0.3, -0.25) is 4.79 Å². The molecule has 2 aromatic carbocycles. The van der Waals surface area contributed by atoms with Crippen molar-refractivity contribution in [3.8, 4) is 5.75 Å². The lowest BCUT2D eigenvalue weighted by Crippen LogP contribution is -1.93. The highest BCUT2D eigenvalue weighted by molar-refractivity contribution is 6.06. The van der Waals surface area contributed by atoms with Crippen molar-refractivity contribution in [2.24, 2.45) is 0 Å². The molecule has 0 atom stereocenters. The quantitative estimate of drug-likeness (QED) is 0.596. The lowest BCUT2D eigenvalue weighted by Gasteiger charge is -2.02. The van der Waals surface area contributed by atoms with Crippen molar-refractivity contribution in [2.45, 2.75) is 13.8 Å².